The Morgan fingerprint density at radius 3 is 1.73 bits per heavy atom. The molecule has 4 heteroatoms. The molecule has 0 aromatic carbocycles. The van der Waals surface area contributed by atoms with Crippen LogP contribution in [0.3, 0.4) is 0 Å². The van der Waals surface area contributed by atoms with Crippen LogP contribution in [0.2, 0.25) is 0 Å². The summed E-state index contributed by atoms with van der Waals surface area (Å²) in [4.78, 5) is 0. The Morgan fingerprint density at radius 2 is 1.14 bits per heavy atom. The molecule has 0 aromatic heterocycles. The number of methoxy groups -OCH3 is 1. The molecular weight excluding hydrogens is 280 g/mol. The largest absolute Gasteiger partial charge is 0.378 e. The molecule has 130 valence electrons. The molecule has 2 fully saturated rings. The lowest BCUT2D eigenvalue weighted by atomic mass is 9.81. The molecule has 0 saturated carbocycles. The summed E-state index contributed by atoms with van der Waals surface area (Å²) >= 11 is 0. The van der Waals surface area contributed by atoms with Crippen LogP contribution in [0.4, 0.5) is 0 Å². The first-order valence-electron chi connectivity index (χ1n) is 8.77. The lowest BCUT2D eigenvalue weighted by Crippen LogP contribution is -2.54. The van der Waals surface area contributed by atoms with Gasteiger partial charge in [0, 0.05) is 13.0 Å². The summed E-state index contributed by atoms with van der Waals surface area (Å²) in [6.45, 7) is 15.3. The summed E-state index contributed by atoms with van der Waals surface area (Å²) in [5.74, 6) is 1.66. The molecule has 2 saturated heterocycles. The zero-order valence-electron chi connectivity index (χ0n) is 15.4. The molecule has 2 aliphatic heterocycles. The summed E-state index contributed by atoms with van der Waals surface area (Å²) in [5, 5.41) is 0. The van der Waals surface area contributed by atoms with Crippen molar-refractivity contribution in [3.8, 4) is 0 Å². The van der Waals surface area contributed by atoms with Gasteiger partial charge in [0.2, 0.25) is 0 Å². The topological polar surface area (TPSA) is 36.9 Å². The maximum absolute atomic E-state index is 6.42. The summed E-state index contributed by atoms with van der Waals surface area (Å²) in [6.07, 6.45) is 0.458. The molecule has 0 aliphatic carbocycles. The van der Waals surface area contributed by atoms with Crippen molar-refractivity contribution in [2.75, 3.05) is 7.11 Å². The summed E-state index contributed by atoms with van der Waals surface area (Å²) < 4.78 is 24.2. The van der Waals surface area contributed by atoms with E-state index < -0.39 is 0 Å². The van der Waals surface area contributed by atoms with Gasteiger partial charge in [-0.2, -0.15) is 0 Å². The van der Waals surface area contributed by atoms with E-state index in [1.807, 2.05) is 0 Å². The maximum Gasteiger partial charge on any atom is 0.161 e. The van der Waals surface area contributed by atoms with E-state index in [1.165, 1.54) is 0 Å². The van der Waals surface area contributed by atoms with Crippen molar-refractivity contribution in [1.82, 2.24) is 0 Å². The summed E-state index contributed by atoms with van der Waals surface area (Å²) in [5.41, 5.74) is 0. The first-order chi connectivity index (χ1) is 10.3. The van der Waals surface area contributed by atoms with Gasteiger partial charge in [0.05, 0.1) is 30.5 Å². The van der Waals surface area contributed by atoms with Crippen LogP contribution in [0.5, 0.6) is 0 Å². The molecule has 22 heavy (non-hydrogen) atoms. The van der Waals surface area contributed by atoms with Gasteiger partial charge in [-0.15, -0.1) is 0 Å². The third-order valence-electron chi connectivity index (χ3n) is 6.13. The summed E-state index contributed by atoms with van der Waals surface area (Å²) in [6, 6.07) is 0. The van der Waals surface area contributed by atoms with Crippen molar-refractivity contribution in [2.45, 2.75) is 85.3 Å². The van der Waals surface area contributed by atoms with E-state index in [1.54, 1.807) is 7.11 Å². The fraction of sp³-hybridized carbons (Fsp3) is 1.00. The van der Waals surface area contributed by atoms with Crippen molar-refractivity contribution in [2.24, 2.45) is 23.7 Å². The van der Waals surface area contributed by atoms with Crippen LogP contribution in [0.15, 0.2) is 0 Å². The minimum atomic E-state index is -0.185. The van der Waals surface area contributed by atoms with Crippen LogP contribution in [-0.2, 0) is 18.9 Å². The van der Waals surface area contributed by atoms with Gasteiger partial charge in [0.15, 0.2) is 6.29 Å². The Hall–Kier alpha value is -0.160. The molecule has 2 rings (SSSR count). The van der Waals surface area contributed by atoms with Crippen molar-refractivity contribution in [1.29, 1.82) is 0 Å². The molecule has 0 N–H and O–H groups in total. The van der Waals surface area contributed by atoms with E-state index in [-0.39, 0.29) is 36.8 Å². The molecular formula is C18H34O4. The highest BCUT2D eigenvalue weighted by Crippen LogP contribution is 2.38. The fourth-order valence-electron chi connectivity index (χ4n) is 4.03. The second-order valence-corrected chi connectivity index (χ2v) is 7.49. The summed E-state index contributed by atoms with van der Waals surface area (Å²) in [7, 11) is 1.76. The molecule has 10 atom stereocenters. The molecule has 0 aromatic rings. The highest BCUT2D eigenvalue weighted by molar-refractivity contribution is 4.89. The Bertz CT molecular complexity index is 361. The van der Waals surface area contributed by atoms with Gasteiger partial charge < -0.3 is 18.9 Å². The standard InChI is InChI=1S/C18H34O4/c1-9-10(2)17(15(7)20-13(9)5)22-18-12(4)11(3)16(19-8)14(6)21-18/h9-18H,1-8H3. The molecule has 0 spiro atoms. The van der Waals surface area contributed by atoms with Gasteiger partial charge in [-0.05, 0) is 38.5 Å². The number of ether oxygens (including phenoxy) is 4. The quantitative estimate of drug-likeness (QED) is 0.799. The van der Waals surface area contributed by atoms with Gasteiger partial charge in [0.25, 0.3) is 0 Å². The first-order valence-corrected chi connectivity index (χ1v) is 8.77. The van der Waals surface area contributed by atoms with Gasteiger partial charge in [-0.3, -0.25) is 0 Å². The van der Waals surface area contributed by atoms with E-state index in [0.717, 1.165) is 0 Å². The van der Waals surface area contributed by atoms with E-state index in [2.05, 4.69) is 48.5 Å². The Morgan fingerprint density at radius 1 is 0.591 bits per heavy atom. The monoisotopic (exact) mass is 314 g/mol. The van der Waals surface area contributed by atoms with Crippen molar-refractivity contribution < 1.29 is 18.9 Å². The second kappa shape index (κ2) is 7.16. The zero-order valence-corrected chi connectivity index (χ0v) is 15.4. The minimum absolute atomic E-state index is 0.0488. The molecule has 0 amide bonds. The lowest BCUT2D eigenvalue weighted by Gasteiger charge is -2.48. The van der Waals surface area contributed by atoms with Crippen LogP contribution in [0.25, 0.3) is 0 Å². The Labute approximate surface area is 135 Å². The van der Waals surface area contributed by atoms with Crippen molar-refractivity contribution in [3.05, 3.63) is 0 Å². The number of hydrogen-bond donors (Lipinski definition) is 0. The second-order valence-electron chi connectivity index (χ2n) is 7.49. The van der Waals surface area contributed by atoms with Gasteiger partial charge in [-0.1, -0.05) is 27.7 Å². The number of rotatable bonds is 3. The molecule has 10 unspecified atom stereocenters. The SMILES string of the molecule is COC1C(C)OC(OC2C(C)OC(C)C(C)C2C)C(C)C1C. The normalized spacial score (nSPS) is 53.5. The maximum atomic E-state index is 6.42. The van der Waals surface area contributed by atoms with E-state index in [9.17, 15) is 0 Å². The molecule has 2 aliphatic rings. The average molecular weight is 314 g/mol. The minimum Gasteiger partial charge on any atom is -0.378 e. The van der Waals surface area contributed by atoms with Crippen LogP contribution in [0.1, 0.15) is 48.5 Å². The third kappa shape index (κ3) is 3.35. The highest BCUT2D eigenvalue weighted by Gasteiger charge is 2.45. The predicted molar refractivity (Wildman–Crippen MR) is 86.7 cm³/mol. The number of hydrogen-bond acceptors (Lipinski definition) is 4. The molecule has 4 nitrogen and oxygen atoms in total. The van der Waals surface area contributed by atoms with E-state index in [4.69, 9.17) is 18.9 Å². The van der Waals surface area contributed by atoms with Gasteiger partial charge >= 0.3 is 0 Å². The van der Waals surface area contributed by atoms with E-state index >= 15 is 0 Å². The van der Waals surface area contributed by atoms with Crippen molar-refractivity contribution >= 4 is 0 Å². The fourth-order valence-corrected chi connectivity index (χ4v) is 4.03. The average Bonchev–Trinajstić information content (AvgIpc) is 2.46. The molecule has 2 heterocycles. The van der Waals surface area contributed by atoms with Crippen molar-refractivity contribution in [3.63, 3.8) is 0 Å². The van der Waals surface area contributed by atoms with Crippen LogP contribution in [-0.4, -0.2) is 43.9 Å². The lowest BCUT2D eigenvalue weighted by molar-refractivity contribution is -0.304. The van der Waals surface area contributed by atoms with Crippen LogP contribution >= 0.6 is 0 Å². The highest BCUT2D eigenvalue weighted by atomic mass is 16.7. The molecule has 0 bridgehead atoms. The van der Waals surface area contributed by atoms with Crippen LogP contribution < -0.4 is 0 Å². The predicted octanol–water partition coefficient (Wildman–Crippen LogP) is 3.48. The zero-order chi connectivity index (χ0) is 16.6. The molecule has 0 radical (unpaired) electrons. The first kappa shape index (κ1) is 18.2. The van der Waals surface area contributed by atoms with Gasteiger partial charge in [0.1, 0.15) is 0 Å². The smallest absolute Gasteiger partial charge is 0.161 e. The Balaban J connectivity index is 2.06. The van der Waals surface area contributed by atoms with Crippen LogP contribution in [0, 0.1) is 23.7 Å². The Kier molecular flexibility index (Phi) is 5.92. The van der Waals surface area contributed by atoms with Gasteiger partial charge in [-0.25, -0.2) is 0 Å². The van der Waals surface area contributed by atoms with E-state index in [0.29, 0.717) is 23.7 Å². The third-order valence-corrected chi connectivity index (χ3v) is 6.13.